The molecule has 0 radical (unpaired) electrons. The number of nitrogens with zero attached hydrogens (tertiary/aromatic N) is 1. The fourth-order valence-corrected chi connectivity index (χ4v) is 6.76. The van der Waals surface area contributed by atoms with Crippen LogP contribution in [0.5, 0.6) is 0 Å². The number of hydrogen-bond donors (Lipinski definition) is 0. The number of fused-ring (bicyclic) bond motifs is 3. The average Bonchev–Trinajstić information content (AvgIpc) is 3.31. The zero-order valence-corrected chi connectivity index (χ0v) is 27.3. The molecule has 1 nitrogen and oxygen atoms in total. The lowest BCUT2D eigenvalue weighted by Gasteiger charge is -2.33. The maximum Gasteiger partial charge on any atom is 0.0411 e. The third-order valence-corrected chi connectivity index (χ3v) is 9.22. The van der Waals surface area contributed by atoms with Crippen LogP contribution in [0.2, 0.25) is 0 Å². The molecule has 1 heteroatoms. The van der Waals surface area contributed by atoms with Crippen molar-refractivity contribution in [3.05, 3.63) is 108 Å². The van der Waals surface area contributed by atoms with Crippen molar-refractivity contribution < 1.29 is 0 Å². The second-order valence-electron chi connectivity index (χ2n) is 12.2. The monoisotopic (exact) mass is 559 g/mol. The van der Waals surface area contributed by atoms with Crippen LogP contribution >= 0.6 is 0 Å². The van der Waals surface area contributed by atoms with E-state index in [0.29, 0.717) is 5.92 Å². The van der Waals surface area contributed by atoms with Gasteiger partial charge in [0.05, 0.1) is 0 Å². The van der Waals surface area contributed by atoms with Crippen molar-refractivity contribution >= 4 is 11.4 Å². The summed E-state index contributed by atoms with van der Waals surface area (Å²) >= 11 is 0. The second kappa shape index (κ2) is 14.7. The molecular formula is C41H53N. The van der Waals surface area contributed by atoms with Crippen molar-refractivity contribution in [2.75, 3.05) is 11.9 Å². The van der Waals surface area contributed by atoms with Gasteiger partial charge in [0.1, 0.15) is 0 Å². The molecule has 0 spiro atoms. The van der Waals surface area contributed by atoms with Crippen LogP contribution < -0.4 is 4.90 Å². The van der Waals surface area contributed by atoms with Crippen molar-refractivity contribution in [2.45, 2.75) is 104 Å². The molecule has 0 aromatic heterocycles. The Balaban J connectivity index is 0.00000198. The maximum atomic E-state index is 2.52. The van der Waals surface area contributed by atoms with Gasteiger partial charge in [-0.25, -0.2) is 0 Å². The minimum Gasteiger partial charge on any atom is -0.345 e. The Bertz CT molecular complexity index is 1380. The van der Waals surface area contributed by atoms with E-state index in [4.69, 9.17) is 0 Å². The SMILES string of the molecule is CC.CCCCCC1(CCCCC)c2ccccc2-c2ccc(N(C)c3ccc(-c4ccc(C(C)C)cc4)cc3)cc21. The third kappa shape index (κ3) is 6.51. The molecule has 1 aliphatic rings. The molecule has 1 aliphatic carbocycles. The molecule has 0 unspecified atom stereocenters. The van der Waals surface area contributed by atoms with Gasteiger partial charge < -0.3 is 4.90 Å². The second-order valence-corrected chi connectivity index (χ2v) is 12.2. The first-order chi connectivity index (χ1) is 20.5. The van der Waals surface area contributed by atoms with E-state index in [0.717, 1.165) is 0 Å². The van der Waals surface area contributed by atoms with Crippen LogP contribution in [-0.4, -0.2) is 7.05 Å². The molecule has 0 amide bonds. The minimum absolute atomic E-state index is 0.124. The van der Waals surface area contributed by atoms with Crippen molar-refractivity contribution in [3.63, 3.8) is 0 Å². The van der Waals surface area contributed by atoms with Crippen LogP contribution in [0, 0.1) is 0 Å². The van der Waals surface area contributed by atoms with Crippen LogP contribution in [0.15, 0.2) is 91.0 Å². The van der Waals surface area contributed by atoms with Crippen LogP contribution in [0.1, 0.15) is 116 Å². The highest BCUT2D eigenvalue weighted by molar-refractivity contribution is 5.83. The predicted octanol–water partition coefficient (Wildman–Crippen LogP) is 12.7. The van der Waals surface area contributed by atoms with Gasteiger partial charge in [-0.1, -0.05) is 147 Å². The predicted molar refractivity (Wildman–Crippen MR) is 186 cm³/mol. The summed E-state index contributed by atoms with van der Waals surface area (Å²) in [6.45, 7) is 13.1. The molecule has 0 aliphatic heterocycles. The highest BCUT2D eigenvalue weighted by Crippen LogP contribution is 2.55. The van der Waals surface area contributed by atoms with E-state index in [1.54, 1.807) is 11.1 Å². The zero-order chi connectivity index (χ0) is 30.1. The largest absolute Gasteiger partial charge is 0.345 e. The normalized spacial score (nSPS) is 12.9. The summed E-state index contributed by atoms with van der Waals surface area (Å²) in [5.41, 5.74) is 12.6. The van der Waals surface area contributed by atoms with Gasteiger partial charge in [-0.3, -0.25) is 0 Å². The molecule has 0 fully saturated rings. The van der Waals surface area contributed by atoms with Crippen LogP contribution in [0.4, 0.5) is 11.4 Å². The van der Waals surface area contributed by atoms with Gasteiger partial charge in [0, 0.05) is 23.8 Å². The molecule has 0 saturated carbocycles. The molecule has 0 atom stereocenters. The highest BCUT2D eigenvalue weighted by atomic mass is 15.1. The lowest BCUT2D eigenvalue weighted by atomic mass is 9.70. The minimum atomic E-state index is 0.124. The van der Waals surface area contributed by atoms with Crippen LogP contribution in [-0.2, 0) is 5.41 Å². The van der Waals surface area contributed by atoms with E-state index < -0.39 is 0 Å². The van der Waals surface area contributed by atoms with Crippen molar-refractivity contribution in [1.29, 1.82) is 0 Å². The Hall–Kier alpha value is -3.32. The third-order valence-electron chi connectivity index (χ3n) is 9.22. The molecule has 4 aromatic rings. The Kier molecular flexibility index (Phi) is 11.1. The van der Waals surface area contributed by atoms with Gasteiger partial charge in [-0.2, -0.15) is 0 Å². The summed E-state index contributed by atoms with van der Waals surface area (Å²) < 4.78 is 0. The number of hydrogen-bond acceptors (Lipinski definition) is 1. The van der Waals surface area contributed by atoms with Gasteiger partial charge >= 0.3 is 0 Å². The molecule has 4 aromatic carbocycles. The molecule has 0 bridgehead atoms. The maximum absolute atomic E-state index is 2.52. The molecule has 222 valence electrons. The quantitative estimate of drug-likeness (QED) is 0.156. The lowest BCUT2D eigenvalue weighted by Crippen LogP contribution is -2.26. The van der Waals surface area contributed by atoms with E-state index in [1.165, 1.54) is 90.6 Å². The Morgan fingerprint density at radius 1 is 0.595 bits per heavy atom. The van der Waals surface area contributed by atoms with Gasteiger partial charge in [0.25, 0.3) is 0 Å². The first kappa shape index (κ1) is 31.6. The topological polar surface area (TPSA) is 3.24 Å². The number of benzene rings is 4. The standard InChI is InChI=1S/C39H47N.C2H6/c1-6-8-12-26-39(27-13-9-7-2)37-15-11-10-14-35(37)36-25-24-34(28-38(36)39)40(5)33-22-20-32(21-23-33)31-18-16-30(17-19-31)29(3)4;1-2/h10-11,14-25,28-29H,6-9,12-13,26-27H2,1-5H3;1-2H3. The van der Waals surface area contributed by atoms with Crippen molar-refractivity contribution in [2.24, 2.45) is 0 Å². The first-order valence-corrected chi connectivity index (χ1v) is 16.7. The Labute approximate surface area is 257 Å². The summed E-state index contributed by atoms with van der Waals surface area (Å²) in [6.07, 6.45) is 10.2. The fourth-order valence-electron chi connectivity index (χ4n) is 6.76. The number of rotatable bonds is 12. The molecule has 42 heavy (non-hydrogen) atoms. The Morgan fingerprint density at radius 2 is 1.12 bits per heavy atom. The van der Waals surface area contributed by atoms with E-state index >= 15 is 0 Å². The molecule has 0 saturated heterocycles. The van der Waals surface area contributed by atoms with Crippen molar-refractivity contribution in [3.8, 4) is 22.3 Å². The van der Waals surface area contributed by atoms with Gasteiger partial charge in [-0.05, 0) is 82.0 Å². The van der Waals surface area contributed by atoms with E-state index in [9.17, 15) is 0 Å². The van der Waals surface area contributed by atoms with Crippen LogP contribution in [0.3, 0.4) is 0 Å². The Morgan fingerprint density at radius 3 is 1.69 bits per heavy atom. The zero-order valence-electron chi connectivity index (χ0n) is 27.3. The number of anilines is 2. The number of unbranched alkanes of at least 4 members (excludes halogenated alkanes) is 4. The van der Waals surface area contributed by atoms with Gasteiger partial charge in [0.2, 0.25) is 0 Å². The fraction of sp³-hybridized carbons (Fsp3) is 0.415. The van der Waals surface area contributed by atoms with Gasteiger partial charge in [0.15, 0.2) is 0 Å². The lowest BCUT2D eigenvalue weighted by molar-refractivity contribution is 0.405. The van der Waals surface area contributed by atoms with Crippen molar-refractivity contribution in [1.82, 2.24) is 0 Å². The van der Waals surface area contributed by atoms with E-state index in [1.807, 2.05) is 13.8 Å². The highest BCUT2D eigenvalue weighted by Gasteiger charge is 2.42. The summed E-state index contributed by atoms with van der Waals surface area (Å²) in [6, 6.07) is 34.6. The van der Waals surface area contributed by atoms with E-state index in [-0.39, 0.29) is 5.41 Å². The summed E-state index contributed by atoms with van der Waals surface area (Å²) in [5.74, 6) is 0.558. The van der Waals surface area contributed by atoms with Crippen LogP contribution in [0.25, 0.3) is 22.3 Å². The summed E-state index contributed by atoms with van der Waals surface area (Å²) in [4.78, 5) is 2.36. The smallest absolute Gasteiger partial charge is 0.0411 e. The van der Waals surface area contributed by atoms with E-state index in [2.05, 4.69) is 131 Å². The summed E-state index contributed by atoms with van der Waals surface area (Å²) in [7, 11) is 2.21. The molecule has 0 N–H and O–H groups in total. The summed E-state index contributed by atoms with van der Waals surface area (Å²) in [5, 5.41) is 0. The molecule has 0 heterocycles. The molecule has 5 rings (SSSR count). The molecular weight excluding hydrogens is 506 g/mol. The van der Waals surface area contributed by atoms with Gasteiger partial charge in [-0.15, -0.1) is 0 Å². The first-order valence-electron chi connectivity index (χ1n) is 16.7. The average molecular weight is 560 g/mol.